The third kappa shape index (κ3) is 2.92. The van der Waals surface area contributed by atoms with E-state index in [9.17, 15) is 10.0 Å². The third-order valence-corrected chi connectivity index (χ3v) is 2.22. The van der Waals surface area contributed by atoms with Gasteiger partial charge in [0.2, 0.25) is 5.82 Å². The summed E-state index contributed by atoms with van der Waals surface area (Å²) in [6, 6.07) is 6.59. The van der Waals surface area contributed by atoms with Crippen LogP contribution in [0.3, 0.4) is 0 Å². The summed E-state index contributed by atoms with van der Waals surface area (Å²) < 4.78 is 9.83. The van der Waals surface area contributed by atoms with Gasteiger partial charge in [0.05, 0.1) is 7.11 Å². The topological polar surface area (TPSA) is 107 Å². The Morgan fingerprint density at radius 2 is 2.26 bits per heavy atom. The predicted octanol–water partition coefficient (Wildman–Crippen LogP) is 0.654. The minimum absolute atomic E-state index is 0.124. The quantitative estimate of drug-likeness (QED) is 0.764. The number of rotatable bonds is 5. The summed E-state index contributed by atoms with van der Waals surface area (Å²) in [4.78, 5) is 14.8. The van der Waals surface area contributed by atoms with Crippen LogP contribution in [-0.2, 0) is 4.79 Å². The van der Waals surface area contributed by atoms with Gasteiger partial charge in [-0.15, -0.1) is 0 Å². The van der Waals surface area contributed by atoms with Crippen molar-refractivity contribution in [1.29, 1.82) is 0 Å². The first-order valence-electron chi connectivity index (χ1n) is 5.25. The van der Waals surface area contributed by atoms with Crippen LogP contribution in [0.5, 0.6) is 11.8 Å². The molecule has 2 rings (SSSR count). The predicted molar refractivity (Wildman–Crippen MR) is 62.3 cm³/mol. The number of hydrogen-bond acceptors (Lipinski definition) is 6. The molecule has 0 aliphatic heterocycles. The first-order chi connectivity index (χ1) is 9.10. The van der Waals surface area contributed by atoms with E-state index in [1.165, 1.54) is 7.11 Å². The van der Waals surface area contributed by atoms with Crippen LogP contribution in [0, 0.1) is 0 Å². The highest BCUT2D eigenvalue weighted by molar-refractivity contribution is 5.68. The molecule has 0 saturated carbocycles. The van der Waals surface area contributed by atoms with Crippen molar-refractivity contribution in [2.24, 2.45) is 0 Å². The lowest BCUT2D eigenvalue weighted by Gasteiger charge is -2.01. The van der Waals surface area contributed by atoms with Crippen LogP contribution in [0.1, 0.15) is 0 Å². The Bertz CT molecular complexity index is 596. The summed E-state index contributed by atoms with van der Waals surface area (Å²) in [6.07, 6.45) is 0. The molecule has 0 aliphatic carbocycles. The maximum atomic E-state index is 10.4. The number of carboxylic acids is 1. The summed E-state index contributed by atoms with van der Waals surface area (Å²) in [7, 11) is 1.52. The Kier molecular flexibility index (Phi) is 3.51. The Labute approximate surface area is 107 Å². The highest BCUT2D eigenvalue weighted by Crippen LogP contribution is 2.23. The van der Waals surface area contributed by atoms with Crippen LogP contribution in [0.2, 0.25) is 0 Å². The minimum Gasteiger partial charge on any atom is -0.497 e. The molecule has 100 valence electrons. The highest BCUT2D eigenvalue weighted by atomic mass is 16.5. The van der Waals surface area contributed by atoms with E-state index in [1.807, 2.05) is 0 Å². The zero-order chi connectivity index (χ0) is 13.8. The number of hydrogen-bond donors (Lipinski definition) is 2. The summed E-state index contributed by atoms with van der Waals surface area (Å²) in [5.41, 5.74) is 0.555. The maximum Gasteiger partial charge on any atom is 0.341 e. The van der Waals surface area contributed by atoms with Crippen LogP contribution in [0.4, 0.5) is 0 Å². The van der Waals surface area contributed by atoms with Crippen LogP contribution in [0.15, 0.2) is 24.3 Å². The Morgan fingerprint density at radius 3 is 2.95 bits per heavy atom. The van der Waals surface area contributed by atoms with Crippen LogP contribution in [-0.4, -0.2) is 44.9 Å². The summed E-state index contributed by atoms with van der Waals surface area (Å²) >= 11 is 0. The van der Waals surface area contributed by atoms with Gasteiger partial charge in [-0.05, 0) is 12.1 Å². The molecular formula is C11H11N3O5. The van der Waals surface area contributed by atoms with Gasteiger partial charge >= 0.3 is 12.0 Å². The molecule has 0 spiro atoms. The second-order valence-corrected chi connectivity index (χ2v) is 3.52. The molecule has 19 heavy (non-hydrogen) atoms. The molecule has 0 aliphatic rings. The molecule has 8 nitrogen and oxygen atoms in total. The molecule has 1 aromatic heterocycles. The molecule has 0 bridgehead atoms. The Morgan fingerprint density at radius 1 is 1.47 bits per heavy atom. The maximum absolute atomic E-state index is 10.4. The number of carbonyl (C=O) groups is 1. The molecule has 0 radical (unpaired) electrons. The zero-order valence-electron chi connectivity index (χ0n) is 9.98. The number of ether oxygens (including phenoxy) is 2. The fourth-order valence-electron chi connectivity index (χ4n) is 1.42. The SMILES string of the molecule is COc1cccc(-c2nc(OCC(=O)O)nn2O)c1. The van der Waals surface area contributed by atoms with Gasteiger partial charge in [0, 0.05) is 5.56 Å². The number of benzene rings is 1. The van der Waals surface area contributed by atoms with Crippen molar-refractivity contribution in [3.63, 3.8) is 0 Å². The van der Waals surface area contributed by atoms with Crippen molar-refractivity contribution < 1.29 is 24.6 Å². The van der Waals surface area contributed by atoms with Gasteiger partial charge in [-0.2, -0.15) is 4.98 Å². The molecule has 0 amide bonds. The summed E-state index contributed by atoms with van der Waals surface area (Å²) in [6.45, 7) is -0.582. The number of aromatic nitrogens is 3. The van der Waals surface area contributed by atoms with Crippen molar-refractivity contribution in [3.8, 4) is 23.1 Å². The van der Waals surface area contributed by atoms with E-state index < -0.39 is 12.6 Å². The lowest BCUT2D eigenvalue weighted by Crippen LogP contribution is -2.10. The Balaban J connectivity index is 2.26. The van der Waals surface area contributed by atoms with Crippen LogP contribution >= 0.6 is 0 Å². The summed E-state index contributed by atoms with van der Waals surface area (Å²) in [5.74, 6) is -0.440. The lowest BCUT2D eigenvalue weighted by molar-refractivity contribution is -0.139. The van der Waals surface area contributed by atoms with Gasteiger partial charge in [0.15, 0.2) is 6.61 Å². The van der Waals surface area contributed by atoms with Gasteiger partial charge in [-0.25, -0.2) is 4.79 Å². The number of aliphatic carboxylic acids is 1. The average Bonchev–Trinajstić information content (AvgIpc) is 2.78. The minimum atomic E-state index is -1.16. The standard InChI is InChI=1S/C11H11N3O5/c1-18-8-4-2-3-7(5-8)10-12-11(13-14(10)17)19-6-9(15)16/h2-5,17H,6H2,1H3,(H,15,16). The third-order valence-electron chi connectivity index (χ3n) is 2.22. The summed E-state index contributed by atoms with van der Waals surface area (Å²) in [5, 5.41) is 21.6. The van der Waals surface area contributed by atoms with Crippen molar-refractivity contribution in [2.75, 3.05) is 13.7 Å². The van der Waals surface area contributed by atoms with E-state index in [-0.39, 0.29) is 11.8 Å². The molecule has 1 heterocycles. The molecule has 1 aromatic carbocycles. The molecule has 2 aromatic rings. The van der Waals surface area contributed by atoms with Crippen LogP contribution in [0.25, 0.3) is 11.4 Å². The monoisotopic (exact) mass is 265 g/mol. The highest BCUT2D eigenvalue weighted by Gasteiger charge is 2.14. The zero-order valence-corrected chi connectivity index (χ0v) is 9.98. The second kappa shape index (κ2) is 5.25. The van der Waals surface area contributed by atoms with Gasteiger partial charge in [0.1, 0.15) is 5.75 Å². The average molecular weight is 265 g/mol. The largest absolute Gasteiger partial charge is 0.497 e. The first kappa shape index (κ1) is 12.7. The van der Waals surface area contributed by atoms with Gasteiger partial charge in [-0.1, -0.05) is 22.1 Å². The number of methoxy groups -OCH3 is 1. The van der Waals surface area contributed by atoms with E-state index in [2.05, 4.69) is 10.1 Å². The van der Waals surface area contributed by atoms with E-state index >= 15 is 0 Å². The molecule has 2 N–H and O–H groups in total. The van der Waals surface area contributed by atoms with Crippen molar-refractivity contribution in [3.05, 3.63) is 24.3 Å². The molecule has 0 fully saturated rings. The van der Waals surface area contributed by atoms with Crippen molar-refractivity contribution in [2.45, 2.75) is 0 Å². The second-order valence-electron chi connectivity index (χ2n) is 3.52. The van der Waals surface area contributed by atoms with E-state index in [0.717, 1.165) is 0 Å². The first-order valence-corrected chi connectivity index (χ1v) is 5.25. The normalized spacial score (nSPS) is 10.2. The smallest absolute Gasteiger partial charge is 0.341 e. The number of carboxylic acid groups (broad SMARTS) is 1. The van der Waals surface area contributed by atoms with Gasteiger partial charge in [-0.3, -0.25) is 0 Å². The lowest BCUT2D eigenvalue weighted by atomic mass is 10.2. The molecular weight excluding hydrogens is 254 g/mol. The Hall–Kier alpha value is -2.77. The molecule has 0 unspecified atom stereocenters. The van der Waals surface area contributed by atoms with Crippen molar-refractivity contribution in [1.82, 2.24) is 14.9 Å². The number of nitrogens with zero attached hydrogens (tertiary/aromatic N) is 3. The van der Waals surface area contributed by atoms with E-state index in [4.69, 9.17) is 14.6 Å². The van der Waals surface area contributed by atoms with E-state index in [0.29, 0.717) is 16.2 Å². The molecule has 0 saturated heterocycles. The fourth-order valence-corrected chi connectivity index (χ4v) is 1.42. The van der Waals surface area contributed by atoms with Crippen molar-refractivity contribution >= 4 is 5.97 Å². The van der Waals surface area contributed by atoms with Gasteiger partial charge < -0.3 is 19.8 Å². The molecule has 0 atom stereocenters. The van der Waals surface area contributed by atoms with Gasteiger partial charge in [0.25, 0.3) is 0 Å². The fraction of sp³-hybridized carbons (Fsp3) is 0.182. The van der Waals surface area contributed by atoms with E-state index in [1.54, 1.807) is 24.3 Å². The van der Waals surface area contributed by atoms with Crippen LogP contribution < -0.4 is 9.47 Å². The molecule has 8 heteroatoms.